The molecule has 96 valence electrons. The van der Waals surface area contributed by atoms with Crippen LogP contribution in [0.2, 0.25) is 0 Å². The van der Waals surface area contributed by atoms with Gasteiger partial charge in [0.05, 0.1) is 13.2 Å². The van der Waals surface area contributed by atoms with Gasteiger partial charge in [-0.3, -0.25) is 4.79 Å². The molecule has 1 aromatic rings. The topological polar surface area (TPSA) is 63.5 Å². The molecule has 0 saturated heterocycles. The first-order valence-electron chi connectivity index (χ1n) is 5.91. The van der Waals surface area contributed by atoms with Gasteiger partial charge in [-0.1, -0.05) is 0 Å². The molecule has 0 aliphatic rings. The second-order valence-corrected chi connectivity index (χ2v) is 3.62. The molecule has 1 aromatic heterocycles. The number of nitrogens with one attached hydrogen (secondary N) is 1. The zero-order chi connectivity index (χ0) is 12.5. The number of aromatic nitrogens is 1. The summed E-state index contributed by atoms with van der Waals surface area (Å²) in [6.07, 6.45) is 2.64. The van der Waals surface area contributed by atoms with E-state index in [1.165, 1.54) is 0 Å². The average molecular weight is 240 g/mol. The Kier molecular flexibility index (Phi) is 6.35. The van der Waals surface area contributed by atoms with Crippen molar-refractivity contribution in [2.45, 2.75) is 19.9 Å². The van der Waals surface area contributed by atoms with Crippen molar-refractivity contribution < 1.29 is 14.6 Å². The van der Waals surface area contributed by atoms with Crippen molar-refractivity contribution in [2.75, 3.05) is 26.4 Å². The molecule has 5 nitrogen and oxygen atoms in total. The van der Waals surface area contributed by atoms with E-state index in [4.69, 9.17) is 9.84 Å². The molecule has 5 heteroatoms. The molecule has 0 fully saturated rings. The Morgan fingerprint density at radius 3 is 3.06 bits per heavy atom. The Morgan fingerprint density at radius 1 is 1.53 bits per heavy atom. The van der Waals surface area contributed by atoms with E-state index in [1.54, 1.807) is 6.07 Å². The number of aliphatic hydroxyl groups excluding tert-OH is 1. The molecular formula is C12H20N2O3. The molecule has 2 N–H and O–H groups in total. The number of rotatable bonds is 8. The van der Waals surface area contributed by atoms with E-state index in [1.807, 2.05) is 23.8 Å². The van der Waals surface area contributed by atoms with Crippen LogP contribution in [0.25, 0.3) is 0 Å². The second kappa shape index (κ2) is 7.86. The first kappa shape index (κ1) is 13.7. The average Bonchev–Trinajstić information content (AvgIpc) is 2.81. The predicted molar refractivity (Wildman–Crippen MR) is 65.0 cm³/mol. The molecule has 1 heterocycles. The van der Waals surface area contributed by atoms with Gasteiger partial charge in [-0.25, -0.2) is 0 Å². The van der Waals surface area contributed by atoms with Crippen LogP contribution in [0.1, 0.15) is 23.8 Å². The summed E-state index contributed by atoms with van der Waals surface area (Å²) < 4.78 is 6.99. The van der Waals surface area contributed by atoms with Crippen LogP contribution in [0.4, 0.5) is 0 Å². The van der Waals surface area contributed by atoms with Gasteiger partial charge < -0.3 is 19.7 Å². The number of aliphatic hydroxyl groups is 1. The van der Waals surface area contributed by atoms with Gasteiger partial charge in [0.2, 0.25) is 0 Å². The van der Waals surface area contributed by atoms with Crippen LogP contribution < -0.4 is 5.32 Å². The van der Waals surface area contributed by atoms with E-state index in [9.17, 15) is 4.79 Å². The van der Waals surface area contributed by atoms with Crippen molar-refractivity contribution in [1.82, 2.24) is 9.88 Å². The summed E-state index contributed by atoms with van der Waals surface area (Å²) in [6, 6.07) is 3.67. The van der Waals surface area contributed by atoms with Gasteiger partial charge in [-0.15, -0.1) is 0 Å². The summed E-state index contributed by atoms with van der Waals surface area (Å²) in [5, 5.41) is 11.3. The number of nitrogens with zero attached hydrogens (tertiary/aromatic N) is 1. The third kappa shape index (κ3) is 4.58. The zero-order valence-corrected chi connectivity index (χ0v) is 10.2. The van der Waals surface area contributed by atoms with E-state index in [0.29, 0.717) is 25.5 Å². The monoisotopic (exact) mass is 240 g/mol. The van der Waals surface area contributed by atoms with E-state index >= 15 is 0 Å². The summed E-state index contributed by atoms with van der Waals surface area (Å²) in [5.41, 5.74) is 0.684. The summed E-state index contributed by atoms with van der Waals surface area (Å²) in [4.78, 5) is 11.8. The van der Waals surface area contributed by atoms with Gasteiger partial charge in [-0.05, 0) is 25.5 Å². The van der Waals surface area contributed by atoms with Gasteiger partial charge in [0.25, 0.3) is 5.91 Å². The molecule has 0 atom stereocenters. The number of carbonyl (C=O) groups is 1. The van der Waals surface area contributed by atoms with Crippen molar-refractivity contribution in [1.29, 1.82) is 0 Å². The van der Waals surface area contributed by atoms with E-state index in [2.05, 4.69) is 5.32 Å². The molecule has 0 bridgehead atoms. The number of hydrogen-bond acceptors (Lipinski definition) is 3. The van der Waals surface area contributed by atoms with Gasteiger partial charge in [-0.2, -0.15) is 0 Å². The molecule has 1 amide bonds. The minimum atomic E-state index is -0.0565. The summed E-state index contributed by atoms with van der Waals surface area (Å²) in [7, 11) is 0. The van der Waals surface area contributed by atoms with Crippen molar-refractivity contribution in [3.05, 3.63) is 24.0 Å². The lowest BCUT2D eigenvalue weighted by Crippen LogP contribution is -2.27. The zero-order valence-electron chi connectivity index (χ0n) is 10.2. The van der Waals surface area contributed by atoms with Crippen LogP contribution in [0.3, 0.4) is 0 Å². The fraction of sp³-hybridized carbons (Fsp3) is 0.583. The van der Waals surface area contributed by atoms with Gasteiger partial charge >= 0.3 is 0 Å². The highest BCUT2D eigenvalue weighted by molar-refractivity contribution is 5.92. The molecule has 1 rings (SSSR count). The highest BCUT2D eigenvalue weighted by Gasteiger charge is 2.08. The molecule has 0 spiro atoms. The van der Waals surface area contributed by atoms with Crippen LogP contribution in [-0.2, 0) is 11.3 Å². The molecule has 0 aliphatic carbocycles. The second-order valence-electron chi connectivity index (χ2n) is 3.62. The van der Waals surface area contributed by atoms with Crippen LogP contribution in [0.5, 0.6) is 0 Å². The smallest absolute Gasteiger partial charge is 0.267 e. The maximum absolute atomic E-state index is 11.8. The minimum Gasteiger partial charge on any atom is -0.394 e. The Morgan fingerprint density at radius 2 is 2.35 bits per heavy atom. The summed E-state index contributed by atoms with van der Waals surface area (Å²) in [6.45, 7) is 4.31. The molecule has 17 heavy (non-hydrogen) atoms. The lowest BCUT2D eigenvalue weighted by molar-refractivity contribution is 0.0864. The lowest BCUT2D eigenvalue weighted by atomic mass is 10.3. The lowest BCUT2D eigenvalue weighted by Gasteiger charge is -2.07. The largest absolute Gasteiger partial charge is 0.394 e. The van der Waals surface area contributed by atoms with Crippen LogP contribution >= 0.6 is 0 Å². The summed E-state index contributed by atoms with van der Waals surface area (Å²) >= 11 is 0. The summed E-state index contributed by atoms with van der Waals surface area (Å²) in [5.74, 6) is -0.0565. The van der Waals surface area contributed by atoms with Gasteiger partial charge in [0.15, 0.2) is 0 Å². The van der Waals surface area contributed by atoms with Crippen molar-refractivity contribution >= 4 is 5.91 Å². The number of aryl methyl sites for hydroxylation is 1. The quantitative estimate of drug-likeness (QED) is 0.655. The Bertz CT molecular complexity index is 336. The minimum absolute atomic E-state index is 0.0381. The third-order valence-corrected chi connectivity index (χ3v) is 2.39. The van der Waals surface area contributed by atoms with Crippen LogP contribution in [0, 0.1) is 0 Å². The standard InChI is InChI=1S/C12H20N2O3/c1-2-14-7-3-5-11(14)12(16)13-6-4-9-17-10-8-15/h3,5,7,15H,2,4,6,8-10H2,1H3,(H,13,16). The van der Waals surface area contributed by atoms with E-state index in [-0.39, 0.29) is 12.5 Å². The Labute approximate surface area is 101 Å². The first-order valence-corrected chi connectivity index (χ1v) is 5.91. The fourth-order valence-electron chi connectivity index (χ4n) is 1.53. The number of amides is 1. The third-order valence-electron chi connectivity index (χ3n) is 2.39. The Balaban J connectivity index is 2.21. The molecule has 0 saturated carbocycles. The van der Waals surface area contributed by atoms with Crippen molar-refractivity contribution in [2.24, 2.45) is 0 Å². The molecule has 0 aromatic carbocycles. The Hall–Kier alpha value is -1.33. The normalized spacial score (nSPS) is 10.5. The van der Waals surface area contributed by atoms with Gasteiger partial charge in [0, 0.05) is 25.9 Å². The van der Waals surface area contributed by atoms with Crippen LogP contribution in [0.15, 0.2) is 18.3 Å². The number of carbonyl (C=O) groups excluding carboxylic acids is 1. The number of ether oxygens (including phenoxy) is 1. The number of hydrogen-bond donors (Lipinski definition) is 2. The first-order chi connectivity index (χ1) is 8.29. The highest BCUT2D eigenvalue weighted by Crippen LogP contribution is 2.01. The van der Waals surface area contributed by atoms with Crippen molar-refractivity contribution in [3.63, 3.8) is 0 Å². The highest BCUT2D eigenvalue weighted by atomic mass is 16.5. The predicted octanol–water partition coefficient (Wildman–Crippen LogP) is 0.637. The van der Waals surface area contributed by atoms with E-state index in [0.717, 1.165) is 13.0 Å². The maximum atomic E-state index is 11.8. The SMILES string of the molecule is CCn1cccc1C(=O)NCCCOCCO. The molecule has 0 radical (unpaired) electrons. The molecular weight excluding hydrogens is 220 g/mol. The molecule has 0 unspecified atom stereocenters. The fourth-order valence-corrected chi connectivity index (χ4v) is 1.53. The van der Waals surface area contributed by atoms with Gasteiger partial charge in [0.1, 0.15) is 5.69 Å². The molecule has 0 aliphatic heterocycles. The van der Waals surface area contributed by atoms with Crippen molar-refractivity contribution in [3.8, 4) is 0 Å². The van der Waals surface area contributed by atoms with E-state index < -0.39 is 0 Å². The van der Waals surface area contributed by atoms with Crippen LogP contribution in [-0.4, -0.2) is 41.9 Å². The maximum Gasteiger partial charge on any atom is 0.267 e.